The quantitative estimate of drug-likeness (QED) is 0.203. The summed E-state index contributed by atoms with van der Waals surface area (Å²) in [5.74, 6) is -0.953. The van der Waals surface area contributed by atoms with Crippen molar-refractivity contribution in [1.29, 1.82) is 0 Å². The first-order valence-corrected chi connectivity index (χ1v) is 16.1. The summed E-state index contributed by atoms with van der Waals surface area (Å²) in [4.78, 5) is 21.1. The van der Waals surface area contributed by atoms with Crippen LogP contribution in [0.2, 0.25) is 0 Å². The standard InChI is InChI=1S/C30H33F3N7O5P/c1-5-44-46(42)17-19-7-9-23(25(13-19)43-4)38-29-35-15-22(30(31,32)33)27(39-29)37-24-10-8-21(18(2)26(24)28(41)34-3)20-14-36-40(16-20)11-6-12-45-46/h7-10,13-16H,5-6,11-12,17H2,1-4H3,(H,34,41)(H2,35,37,38,39). The van der Waals surface area contributed by atoms with Crippen LogP contribution >= 0.6 is 7.60 Å². The number of benzene rings is 2. The molecule has 6 heterocycles. The molecule has 0 spiro atoms. The van der Waals surface area contributed by atoms with Crippen molar-refractivity contribution in [3.05, 3.63) is 71.2 Å². The molecule has 2 aromatic heterocycles. The molecule has 2 aromatic carbocycles. The van der Waals surface area contributed by atoms with Crippen LogP contribution in [-0.2, 0) is 32.5 Å². The first kappa shape index (κ1) is 32.9. The molecule has 0 fully saturated rings. The van der Waals surface area contributed by atoms with E-state index in [1.54, 1.807) is 55.2 Å². The lowest BCUT2D eigenvalue weighted by Crippen LogP contribution is -2.21. The van der Waals surface area contributed by atoms with Crippen LogP contribution in [0, 0.1) is 6.92 Å². The molecule has 4 aliphatic rings. The van der Waals surface area contributed by atoms with Crippen LogP contribution in [0.25, 0.3) is 11.1 Å². The van der Waals surface area contributed by atoms with E-state index in [9.17, 15) is 22.5 Å². The van der Waals surface area contributed by atoms with Gasteiger partial charge in [0.05, 0.1) is 49.6 Å². The van der Waals surface area contributed by atoms with E-state index < -0.39 is 31.1 Å². The van der Waals surface area contributed by atoms with E-state index in [4.69, 9.17) is 13.8 Å². The van der Waals surface area contributed by atoms with Crippen molar-refractivity contribution in [2.75, 3.05) is 38.0 Å². The summed E-state index contributed by atoms with van der Waals surface area (Å²) in [7, 11) is -0.694. The molecular weight excluding hydrogens is 626 g/mol. The van der Waals surface area contributed by atoms with Gasteiger partial charge in [0.2, 0.25) is 5.95 Å². The van der Waals surface area contributed by atoms with Gasteiger partial charge in [0, 0.05) is 31.5 Å². The van der Waals surface area contributed by atoms with E-state index in [1.807, 2.05) is 0 Å². The predicted molar refractivity (Wildman–Crippen MR) is 166 cm³/mol. The molecule has 0 aliphatic carbocycles. The minimum absolute atomic E-state index is 0.0310. The summed E-state index contributed by atoms with van der Waals surface area (Å²) < 4.78 is 74.5. The van der Waals surface area contributed by atoms with Crippen molar-refractivity contribution < 1.29 is 36.3 Å². The summed E-state index contributed by atoms with van der Waals surface area (Å²) >= 11 is 0. The molecule has 46 heavy (non-hydrogen) atoms. The fourth-order valence-electron chi connectivity index (χ4n) is 5.08. The zero-order valence-corrected chi connectivity index (χ0v) is 26.5. The fourth-order valence-corrected chi connectivity index (χ4v) is 6.78. The number of hydrogen-bond acceptors (Lipinski definition) is 10. The largest absolute Gasteiger partial charge is 0.495 e. The summed E-state index contributed by atoms with van der Waals surface area (Å²) in [6.07, 6.45) is -0.285. The highest BCUT2D eigenvalue weighted by atomic mass is 31.2. The minimum atomic E-state index is -4.81. The minimum Gasteiger partial charge on any atom is -0.495 e. The van der Waals surface area contributed by atoms with Gasteiger partial charge in [-0.05, 0) is 55.2 Å². The molecule has 1 atom stereocenters. The summed E-state index contributed by atoms with van der Waals surface area (Å²) in [6.45, 7) is 4.19. The van der Waals surface area contributed by atoms with Gasteiger partial charge in [-0.25, -0.2) is 4.98 Å². The smallest absolute Gasteiger partial charge is 0.421 e. The van der Waals surface area contributed by atoms with Gasteiger partial charge in [0.1, 0.15) is 17.1 Å². The summed E-state index contributed by atoms with van der Waals surface area (Å²) in [6, 6.07) is 8.11. The molecule has 8 rings (SSSR count). The number of ether oxygens (including phenoxy) is 1. The van der Waals surface area contributed by atoms with Crippen LogP contribution in [-0.4, -0.2) is 53.0 Å². The molecule has 8 bridgehead atoms. The molecule has 0 saturated carbocycles. The average molecular weight is 660 g/mol. The topological polar surface area (TPSA) is 142 Å². The van der Waals surface area contributed by atoms with Crippen molar-refractivity contribution in [3.63, 3.8) is 0 Å². The van der Waals surface area contributed by atoms with Gasteiger partial charge < -0.3 is 29.7 Å². The molecule has 16 heteroatoms. The van der Waals surface area contributed by atoms with Gasteiger partial charge >= 0.3 is 13.8 Å². The molecule has 4 aliphatic heterocycles. The molecule has 3 N–H and O–H groups in total. The Hall–Kier alpha value is -4.46. The van der Waals surface area contributed by atoms with E-state index >= 15 is 0 Å². The van der Waals surface area contributed by atoms with Crippen LogP contribution in [0.1, 0.15) is 40.4 Å². The van der Waals surface area contributed by atoms with Crippen molar-refractivity contribution in [3.8, 4) is 16.9 Å². The maximum atomic E-state index is 14.1. The first-order chi connectivity index (χ1) is 21.9. The number of amides is 1. The Kier molecular flexibility index (Phi) is 9.66. The molecule has 0 saturated heterocycles. The number of rotatable bonds is 4. The summed E-state index contributed by atoms with van der Waals surface area (Å²) in [5.41, 5.74) is 1.91. The van der Waals surface area contributed by atoms with Crippen LogP contribution in [0.5, 0.6) is 5.75 Å². The number of aryl methyl sites for hydroxylation is 1. The number of aromatic nitrogens is 4. The van der Waals surface area contributed by atoms with E-state index in [2.05, 4.69) is 31.0 Å². The normalized spacial score (nSPS) is 16.9. The van der Waals surface area contributed by atoms with E-state index in [0.717, 1.165) is 0 Å². The third-order valence-electron chi connectivity index (χ3n) is 7.24. The Morgan fingerprint density at radius 3 is 2.67 bits per heavy atom. The number of hydrogen-bond donors (Lipinski definition) is 3. The molecular formula is C30H33F3N7O5P. The Labute approximate surface area is 263 Å². The number of nitrogens with zero attached hydrogens (tertiary/aromatic N) is 4. The van der Waals surface area contributed by atoms with Gasteiger partial charge in [-0.3, -0.25) is 14.0 Å². The molecule has 1 unspecified atom stereocenters. The van der Waals surface area contributed by atoms with Crippen molar-refractivity contribution >= 4 is 36.6 Å². The van der Waals surface area contributed by atoms with Gasteiger partial charge in [-0.1, -0.05) is 12.1 Å². The van der Waals surface area contributed by atoms with E-state index in [-0.39, 0.29) is 36.6 Å². The van der Waals surface area contributed by atoms with Gasteiger partial charge in [-0.15, -0.1) is 0 Å². The molecule has 12 nitrogen and oxygen atoms in total. The Morgan fingerprint density at radius 2 is 1.96 bits per heavy atom. The number of halogens is 3. The SMILES string of the molecule is CCOP1(=O)Cc2ccc(c(OC)c2)Nc2ncc(C(F)(F)F)c(n2)Nc2ccc(c(C)c2C(=O)NC)-c2cnn(c2)CCCO1. The maximum absolute atomic E-state index is 14.1. The lowest BCUT2D eigenvalue weighted by molar-refractivity contribution is -0.137. The predicted octanol–water partition coefficient (Wildman–Crippen LogP) is 6.67. The Morgan fingerprint density at radius 1 is 1.17 bits per heavy atom. The fraction of sp³-hybridized carbons (Fsp3) is 0.333. The van der Waals surface area contributed by atoms with Crippen molar-refractivity contribution in [1.82, 2.24) is 25.1 Å². The average Bonchev–Trinajstić information content (AvgIpc) is 3.48. The van der Waals surface area contributed by atoms with Crippen LogP contribution in [0.3, 0.4) is 0 Å². The van der Waals surface area contributed by atoms with Crippen molar-refractivity contribution in [2.45, 2.75) is 39.2 Å². The van der Waals surface area contributed by atoms with Crippen molar-refractivity contribution in [2.24, 2.45) is 0 Å². The molecule has 244 valence electrons. The van der Waals surface area contributed by atoms with E-state index in [0.29, 0.717) is 52.9 Å². The maximum Gasteiger partial charge on any atom is 0.421 e. The Balaban J connectivity index is 1.65. The monoisotopic (exact) mass is 659 g/mol. The molecule has 1 amide bonds. The van der Waals surface area contributed by atoms with Gasteiger partial charge in [0.15, 0.2) is 0 Å². The highest BCUT2D eigenvalue weighted by Crippen LogP contribution is 2.52. The number of methoxy groups -OCH3 is 1. The number of carbonyl (C=O) groups is 1. The third-order valence-corrected chi connectivity index (χ3v) is 9.22. The van der Waals surface area contributed by atoms with E-state index in [1.165, 1.54) is 20.2 Å². The Bertz CT molecular complexity index is 1800. The summed E-state index contributed by atoms with van der Waals surface area (Å²) in [5, 5.41) is 12.6. The number of alkyl halides is 3. The molecule has 0 radical (unpaired) electrons. The first-order valence-electron chi connectivity index (χ1n) is 14.4. The van der Waals surface area contributed by atoms with Crippen LogP contribution in [0.4, 0.5) is 36.3 Å². The van der Waals surface area contributed by atoms with Gasteiger partial charge in [0.25, 0.3) is 5.91 Å². The highest BCUT2D eigenvalue weighted by molar-refractivity contribution is 7.53. The second kappa shape index (κ2) is 13.5. The lowest BCUT2D eigenvalue weighted by Gasteiger charge is -2.20. The second-order valence-corrected chi connectivity index (χ2v) is 12.4. The van der Waals surface area contributed by atoms with Gasteiger partial charge in [-0.2, -0.15) is 23.3 Å². The number of nitrogens with one attached hydrogen (secondary N) is 3. The van der Waals surface area contributed by atoms with Crippen LogP contribution < -0.4 is 20.7 Å². The zero-order chi connectivity index (χ0) is 33.1. The van der Waals surface area contributed by atoms with Crippen LogP contribution in [0.15, 0.2) is 48.9 Å². The zero-order valence-electron chi connectivity index (χ0n) is 25.6. The number of anilines is 4. The third kappa shape index (κ3) is 7.16. The lowest BCUT2D eigenvalue weighted by atomic mass is 9.96. The second-order valence-electron chi connectivity index (χ2n) is 10.3. The number of carbonyl (C=O) groups excluding carboxylic acids is 1. The molecule has 4 aromatic rings. The highest BCUT2D eigenvalue weighted by Gasteiger charge is 2.36.